The summed E-state index contributed by atoms with van der Waals surface area (Å²) in [7, 11) is 0. The molecule has 0 bridgehead atoms. The lowest BCUT2D eigenvalue weighted by atomic mass is 10.0. The number of nitrogens with zero attached hydrogens (tertiary/aromatic N) is 1. The lowest BCUT2D eigenvalue weighted by Crippen LogP contribution is -2.32. The number of aromatic amines is 1. The van der Waals surface area contributed by atoms with Gasteiger partial charge >= 0.3 is 11.7 Å². The molecular weight excluding hydrogens is 272 g/mol. The van der Waals surface area contributed by atoms with Crippen LogP contribution in [0.1, 0.15) is 23.6 Å². The zero-order chi connectivity index (χ0) is 15.4. The maximum atomic E-state index is 11.8. The number of aryl methyl sites for hydroxylation is 1. The molecule has 1 aromatic carbocycles. The van der Waals surface area contributed by atoms with Crippen molar-refractivity contribution in [2.45, 2.75) is 26.3 Å². The van der Waals surface area contributed by atoms with Gasteiger partial charge in [-0.3, -0.25) is 19.1 Å². The molecule has 0 spiro atoms. The summed E-state index contributed by atoms with van der Waals surface area (Å²) in [6.07, 6.45) is 1.94. The highest BCUT2D eigenvalue weighted by Crippen LogP contribution is 2.11. The average molecular weight is 288 g/mol. The van der Waals surface area contributed by atoms with Gasteiger partial charge in [-0.2, -0.15) is 0 Å². The number of aromatic nitrogens is 2. The molecule has 6 nitrogen and oxygen atoms in total. The quantitative estimate of drug-likeness (QED) is 0.850. The molecule has 2 rings (SSSR count). The molecule has 110 valence electrons. The minimum absolute atomic E-state index is 0.102. The number of H-pyrrole nitrogens is 1. The van der Waals surface area contributed by atoms with Gasteiger partial charge in [-0.1, -0.05) is 31.2 Å². The van der Waals surface area contributed by atoms with Gasteiger partial charge in [-0.25, -0.2) is 4.79 Å². The fourth-order valence-electron chi connectivity index (χ4n) is 2.15. The van der Waals surface area contributed by atoms with Gasteiger partial charge < -0.3 is 5.11 Å². The molecule has 0 saturated carbocycles. The number of rotatable bonds is 5. The standard InChI is InChI=1S/C15H16N2O4/c1-2-10-8-17(15(21)16-14(10)20)9-12-6-4-3-5-11(12)7-13(18)19/h3-6,8H,2,7,9H2,1H3,(H,18,19)(H,16,20,21). The average Bonchev–Trinajstić information content (AvgIpc) is 2.43. The Morgan fingerprint density at radius 1 is 1.19 bits per heavy atom. The van der Waals surface area contributed by atoms with Gasteiger partial charge in [-0.15, -0.1) is 0 Å². The SMILES string of the molecule is CCc1cn(Cc2ccccc2CC(=O)O)c(=O)[nH]c1=O. The predicted molar refractivity (Wildman–Crippen MR) is 77.6 cm³/mol. The summed E-state index contributed by atoms with van der Waals surface area (Å²) in [4.78, 5) is 36.5. The van der Waals surface area contributed by atoms with E-state index < -0.39 is 11.7 Å². The third-order valence-corrected chi connectivity index (χ3v) is 3.27. The third-order valence-electron chi connectivity index (χ3n) is 3.27. The van der Waals surface area contributed by atoms with Crippen molar-refractivity contribution in [3.63, 3.8) is 0 Å². The van der Waals surface area contributed by atoms with Crippen LogP contribution in [0.4, 0.5) is 0 Å². The third kappa shape index (κ3) is 3.47. The van der Waals surface area contributed by atoms with Crippen molar-refractivity contribution in [3.05, 3.63) is 68.0 Å². The van der Waals surface area contributed by atoms with Gasteiger partial charge in [-0.05, 0) is 17.5 Å². The Bertz CT molecular complexity index is 774. The van der Waals surface area contributed by atoms with Gasteiger partial charge in [0, 0.05) is 11.8 Å². The molecule has 0 radical (unpaired) electrons. The highest BCUT2D eigenvalue weighted by atomic mass is 16.4. The van der Waals surface area contributed by atoms with E-state index in [0.29, 0.717) is 17.5 Å². The van der Waals surface area contributed by atoms with E-state index in [-0.39, 0.29) is 18.5 Å². The summed E-state index contributed by atoms with van der Waals surface area (Å²) in [5.74, 6) is -0.925. The van der Waals surface area contributed by atoms with E-state index in [1.54, 1.807) is 24.3 Å². The van der Waals surface area contributed by atoms with Crippen LogP contribution in [0.25, 0.3) is 0 Å². The van der Waals surface area contributed by atoms with Crippen molar-refractivity contribution >= 4 is 5.97 Å². The van der Waals surface area contributed by atoms with E-state index in [1.165, 1.54) is 10.8 Å². The minimum Gasteiger partial charge on any atom is -0.481 e. The van der Waals surface area contributed by atoms with Crippen LogP contribution in [-0.4, -0.2) is 20.6 Å². The molecule has 6 heteroatoms. The molecule has 21 heavy (non-hydrogen) atoms. The first-order chi connectivity index (χ1) is 10.0. The molecule has 0 aliphatic heterocycles. The smallest absolute Gasteiger partial charge is 0.328 e. The molecule has 0 aliphatic rings. The molecular formula is C15H16N2O4. The van der Waals surface area contributed by atoms with E-state index in [2.05, 4.69) is 4.98 Å². The lowest BCUT2D eigenvalue weighted by molar-refractivity contribution is -0.136. The number of benzene rings is 1. The summed E-state index contributed by atoms with van der Waals surface area (Å²) < 4.78 is 1.39. The van der Waals surface area contributed by atoms with Crippen molar-refractivity contribution in [1.82, 2.24) is 9.55 Å². The minimum atomic E-state index is -0.925. The largest absolute Gasteiger partial charge is 0.481 e. The van der Waals surface area contributed by atoms with E-state index in [9.17, 15) is 14.4 Å². The molecule has 1 aromatic heterocycles. The molecule has 0 saturated heterocycles. The van der Waals surface area contributed by atoms with Gasteiger partial charge in [0.15, 0.2) is 0 Å². The highest BCUT2D eigenvalue weighted by molar-refractivity contribution is 5.70. The van der Waals surface area contributed by atoms with Crippen molar-refractivity contribution in [1.29, 1.82) is 0 Å². The Morgan fingerprint density at radius 2 is 1.86 bits per heavy atom. The van der Waals surface area contributed by atoms with Crippen LogP contribution >= 0.6 is 0 Å². The number of carboxylic acids is 1. The fourth-order valence-corrected chi connectivity index (χ4v) is 2.15. The summed E-state index contributed by atoms with van der Waals surface area (Å²) in [5, 5.41) is 8.91. The van der Waals surface area contributed by atoms with Crippen molar-refractivity contribution in [2.24, 2.45) is 0 Å². The summed E-state index contributed by atoms with van der Waals surface area (Å²) in [5.41, 5.74) is 1.04. The van der Waals surface area contributed by atoms with Crippen molar-refractivity contribution in [3.8, 4) is 0 Å². The van der Waals surface area contributed by atoms with Crippen molar-refractivity contribution < 1.29 is 9.90 Å². The van der Waals surface area contributed by atoms with Gasteiger partial charge in [0.1, 0.15) is 0 Å². The normalized spacial score (nSPS) is 10.5. The molecule has 0 unspecified atom stereocenters. The molecule has 0 atom stereocenters. The molecule has 0 aliphatic carbocycles. The fraction of sp³-hybridized carbons (Fsp3) is 0.267. The zero-order valence-corrected chi connectivity index (χ0v) is 11.6. The van der Waals surface area contributed by atoms with E-state index in [1.807, 2.05) is 6.92 Å². The Hall–Kier alpha value is -2.63. The first-order valence-corrected chi connectivity index (χ1v) is 6.62. The van der Waals surface area contributed by atoms with Crippen LogP contribution < -0.4 is 11.2 Å². The van der Waals surface area contributed by atoms with Crippen LogP contribution in [-0.2, 0) is 24.2 Å². The number of hydrogen-bond donors (Lipinski definition) is 2. The van der Waals surface area contributed by atoms with Crippen LogP contribution in [0.2, 0.25) is 0 Å². The Labute approximate surface area is 120 Å². The first-order valence-electron chi connectivity index (χ1n) is 6.62. The number of hydrogen-bond acceptors (Lipinski definition) is 3. The molecule has 0 fully saturated rings. The second-order valence-corrected chi connectivity index (χ2v) is 4.73. The number of nitrogens with one attached hydrogen (secondary N) is 1. The molecule has 0 amide bonds. The van der Waals surface area contributed by atoms with Crippen LogP contribution in [0.5, 0.6) is 0 Å². The number of carboxylic acid groups (broad SMARTS) is 1. The number of aliphatic carboxylic acids is 1. The Kier molecular flexibility index (Phi) is 4.37. The van der Waals surface area contributed by atoms with E-state index in [4.69, 9.17) is 5.11 Å². The highest BCUT2D eigenvalue weighted by Gasteiger charge is 2.09. The molecule has 2 N–H and O–H groups in total. The van der Waals surface area contributed by atoms with Crippen LogP contribution in [0, 0.1) is 0 Å². The first kappa shape index (κ1) is 14.8. The summed E-state index contributed by atoms with van der Waals surface area (Å²) in [6, 6.07) is 7.05. The maximum absolute atomic E-state index is 11.8. The second kappa shape index (κ2) is 6.21. The second-order valence-electron chi connectivity index (χ2n) is 4.73. The summed E-state index contributed by atoms with van der Waals surface area (Å²) >= 11 is 0. The monoisotopic (exact) mass is 288 g/mol. The van der Waals surface area contributed by atoms with Gasteiger partial charge in [0.05, 0.1) is 13.0 Å². The zero-order valence-electron chi connectivity index (χ0n) is 11.6. The van der Waals surface area contributed by atoms with Crippen molar-refractivity contribution in [2.75, 3.05) is 0 Å². The van der Waals surface area contributed by atoms with E-state index in [0.717, 1.165) is 5.56 Å². The lowest BCUT2D eigenvalue weighted by Gasteiger charge is -2.10. The van der Waals surface area contributed by atoms with Crippen LogP contribution in [0.15, 0.2) is 40.1 Å². The topological polar surface area (TPSA) is 92.2 Å². The summed E-state index contributed by atoms with van der Waals surface area (Å²) in [6.45, 7) is 2.06. The van der Waals surface area contributed by atoms with Gasteiger partial charge in [0.2, 0.25) is 0 Å². The molecule has 2 aromatic rings. The van der Waals surface area contributed by atoms with Crippen LogP contribution in [0.3, 0.4) is 0 Å². The predicted octanol–water partition coefficient (Wildman–Crippen LogP) is 0.774. The van der Waals surface area contributed by atoms with Gasteiger partial charge in [0.25, 0.3) is 5.56 Å². The molecule has 1 heterocycles. The maximum Gasteiger partial charge on any atom is 0.328 e. The Morgan fingerprint density at radius 3 is 2.48 bits per heavy atom. The number of carbonyl (C=O) groups is 1. The van der Waals surface area contributed by atoms with E-state index >= 15 is 0 Å². The Balaban J connectivity index is 2.41.